The van der Waals surface area contributed by atoms with Crippen molar-refractivity contribution < 1.29 is 19.1 Å². The molecule has 1 atom stereocenters. The fraction of sp³-hybridized carbons (Fsp3) is 0.345. The highest BCUT2D eigenvalue weighted by Crippen LogP contribution is 2.38. The van der Waals surface area contributed by atoms with Crippen molar-refractivity contribution in [3.8, 4) is 22.4 Å². The molecule has 1 aliphatic rings. The number of aromatic nitrogens is 4. The minimum Gasteiger partial charge on any atom is -0.450 e. The van der Waals surface area contributed by atoms with E-state index in [1.807, 2.05) is 37.3 Å². The third kappa shape index (κ3) is 6.69. The molecule has 0 aliphatic carbocycles. The number of carbonyl (C=O) groups is 3. The molecule has 0 radical (unpaired) electrons. The third-order valence-electron chi connectivity index (χ3n) is 6.67. The van der Waals surface area contributed by atoms with Crippen molar-refractivity contribution in [2.24, 2.45) is 0 Å². The number of fused-ring (bicyclic) bond motifs is 1. The van der Waals surface area contributed by atoms with Gasteiger partial charge in [0.15, 0.2) is 16.6 Å². The lowest BCUT2D eigenvalue weighted by Crippen LogP contribution is -2.43. The van der Waals surface area contributed by atoms with Crippen LogP contribution in [0.4, 0.5) is 9.93 Å². The molecule has 1 aliphatic heterocycles. The van der Waals surface area contributed by atoms with Crippen molar-refractivity contribution in [2.45, 2.75) is 45.3 Å². The molecular weight excluding hydrogens is 556 g/mol. The summed E-state index contributed by atoms with van der Waals surface area (Å²) in [6.07, 6.45) is 6.73. The van der Waals surface area contributed by atoms with Gasteiger partial charge in [-0.1, -0.05) is 17.4 Å². The smallest absolute Gasteiger partial charge is 0.326 e. The van der Waals surface area contributed by atoms with Crippen molar-refractivity contribution in [3.63, 3.8) is 0 Å². The summed E-state index contributed by atoms with van der Waals surface area (Å²) in [5, 5.41) is 11.7. The Hall–Kier alpha value is -4.49. The largest absolute Gasteiger partial charge is 0.450 e. The molecule has 1 fully saturated rings. The van der Waals surface area contributed by atoms with Crippen LogP contribution in [0, 0.1) is 0 Å². The first-order valence-corrected chi connectivity index (χ1v) is 14.5. The number of hydrogen-bond donors (Lipinski definition) is 4. The van der Waals surface area contributed by atoms with Crippen LogP contribution >= 0.6 is 11.3 Å². The van der Waals surface area contributed by atoms with Crippen LogP contribution in [0.5, 0.6) is 0 Å². The number of nitrogens with zero attached hydrogens (tertiary/aromatic N) is 4. The fourth-order valence-corrected chi connectivity index (χ4v) is 5.58. The molecule has 4 aromatic rings. The standard InChI is InChI=1S/C29H32N8O4S/c1-4-30-27(40)37-28-36-22-13-17(12-19(24(22)42-28)20-8-5-6-10-31-20)18-14-34-26(35-15-18)29(2,3)41-23(38)16-33-25(39)21-9-7-11-32-21/h5-6,8,10,12-15,21,32H,4,7,9,11,16H2,1-3H3,(H,33,39)(H2,30,36,37,40)/t21-/m0/s1. The average Bonchev–Trinajstić information content (AvgIpc) is 3.66. The molecular formula is C29H32N8O4S. The molecule has 4 heterocycles. The van der Waals surface area contributed by atoms with E-state index in [1.54, 1.807) is 32.4 Å². The van der Waals surface area contributed by atoms with Crippen LogP contribution in [-0.4, -0.2) is 63.5 Å². The zero-order valence-electron chi connectivity index (χ0n) is 23.6. The van der Waals surface area contributed by atoms with Crippen LogP contribution in [0.15, 0.2) is 48.9 Å². The van der Waals surface area contributed by atoms with E-state index < -0.39 is 11.6 Å². The van der Waals surface area contributed by atoms with Gasteiger partial charge in [0, 0.05) is 36.3 Å². The maximum Gasteiger partial charge on any atom is 0.326 e. The van der Waals surface area contributed by atoms with Gasteiger partial charge in [-0.05, 0) is 70.0 Å². The van der Waals surface area contributed by atoms with E-state index in [2.05, 4.69) is 41.2 Å². The summed E-state index contributed by atoms with van der Waals surface area (Å²) in [6, 6.07) is 8.98. The maximum absolute atomic E-state index is 12.5. The van der Waals surface area contributed by atoms with E-state index in [0.717, 1.165) is 46.5 Å². The lowest BCUT2D eigenvalue weighted by Gasteiger charge is -2.24. The highest BCUT2D eigenvalue weighted by atomic mass is 32.1. The predicted molar refractivity (Wildman–Crippen MR) is 160 cm³/mol. The van der Waals surface area contributed by atoms with Crippen molar-refractivity contribution in [2.75, 3.05) is 25.0 Å². The van der Waals surface area contributed by atoms with Crippen LogP contribution in [-0.2, 0) is 19.9 Å². The van der Waals surface area contributed by atoms with Gasteiger partial charge < -0.3 is 20.7 Å². The average molecular weight is 589 g/mol. The number of rotatable bonds is 9. The van der Waals surface area contributed by atoms with Crippen molar-refractivity contribution in [1.82, 2.24) is 35.9 Å². The van der Waals surface area contributed by atoms with Crippen LogP contribution in [0.3, 0.4) is 0 Å². The summed E-state index contributed by atoms with van der Waals surface area (Å²) in [6.45, 7) is 6.30. The number of esters is 1. The molecule has 218 valence electrons. The van der Waals surface area contributed by atoms with Gasteiger partial charge in [0.1, 0.15) is 6.54 Å². The molecule has 1 saturated heterocycles. The molecule has 5 rings (SSSR count). The maximum atomic E-state index is 12.5. The summed E-state index contributed by atoms with van der Waals surface area (Å²) in [5.74, 6) is -0.473. The summed E-state index contributed by atoms with van der Waals surface area (Å²) < 4.78 is 6.49. The van der Waals surface area contributed by atoms with E-state index in [1.165, 1.54) is 11.3 Å². The molecule has 0 bridgehead atoms. The van der Waals surface area contributed by atoms with E-state index >= 15 is 0 Å². The van der Waals surface area contributed by atoms with Crippen LogP contribution in [0.25, 0.3) is 32.6 Å². The number of amides is 3. The van der Waals surface area contributed by atoms with E-state index in [4.69, 9.17) is 4.74 Å². The second-order valence-corrected chi connectivity index (χ2v) is 11.2. The first-order valence-electron chi connectivity index (χ1n) is 13.7. The minimum absolute atomic E-state index is 0.211. The quantitative estimate of drug-likeness (QED) is 0.214. The number of nitrogens with one attached hydrogen (secondary N) is 4. The minimum atomic E-state index is -1.12. The number of benzene rings is 1. The van der Waals surface area contributed by atoms with Crippen molar-refractivity contribution in [3.05, 3.63) is 54.7 Å². The monoisotopic (exact) mass is 588 g/mol. The summed E-state index contributed by atoms with van der Waals surface area (Å²) >= 11 is 1.37. The van der Waals surface area contributed by atoms with Gasteiger partial charge in [-0.15, -0.1) is 0 Å². The van der Waals surface area contributed by atoms with Crippen molar-refractivity contribution >= 4 is 44.6 Å². The number of urea groups is 1. The summed E-state index contributed by atoms with van der Waals surface area (Å²) in [5.41, 5.74) is 2.73. The first kappa shape index (κ1) is 29.0. The number of carbonyl (C=O) groups excluding carboxylic acids is 3. The highest BCUT2D eigenvalue weighted by Gasteiger charge is 2.30. The molecule has 0 spiro atoms. The third-order valence-corrected chi connectivity index (χ3v) is 7.68. The fourth-order valence-electron chi connectivity index (χ4n) is 4.61. The van der Waals surface area contributed by atoms with Gasteiger partial charge in [0.2, 0.25) is 5.91 Å². The highest BCUT2D eigenvalue weighted by molar-refractivity contribution is 7.22. The lowest BCUT2D eigenvalue weighted by atomic mass is 10.0. The number of anilines is 1. The molecule has 42 heavy (non-hydrogen) atoms. The lowest BCUT2D eigenvalue weighted by molar-refractivity contribution is -0.157. The van der Waals surface area contributed by atoms with Gasteiger partial charge in [-0.3, -0.25) is 19.9 Å². The SMILES string of the molecule is CCNC(=O)Nc1nc2cc(-c3cnc(C(C)(C)OC(=O)CNC(=O)[C@@H]4CCCN4)nc3)cc(-c3ccccn3)c2s1. The first-order chi connectivity index (χ1) is 20.2. The van der Waals surface area contributed by atoms with Crippen LogP contribution in [0.2, 0.25) is 0 Å². The summed E-state index contributed by atoms with van der Waals surface area (Å²) in [7, 11) is 0. The number of hydrogen-bond acceptors (Lipinski definition) is 10. The van der Waals surface area contributed by atoms with Gasteiger partial charge in [-0.25, -0.2) is 19.7 Å². The van der Waals surface area contributed by atoms with Gasteiger partial charge in [0.25, 0.3) is 0 Å². The molecule has 3 aromatic heterocycles. The predicted octanol–water partition coefficient (Wildman–Crippen LogP) is 3.60. The molecule has 4 N–H and O–H groups in total. The Labute approximate surface area is 246 Å². The number of pyridine rings is 1. The van der Waals surface area contributed by atoms with Gasteiger partial charge in [-0.2, -0.15) is 0 Å². The number of thiazole rings is 1. The molecule has 12 nitrogen and oxygen atoms in total. The van der Waals surface area contributed by atoms with Gasteiger partial charge in [0.05, 0.1) is 22.0 Å². The summed E-state index contributed by atoms with van der Waals surface area (Å²) in [4.78, 5) is 54.9. The Morgan fingerprint density at radius 1 is 1.10 bits per heavy atom. The van der Waals surface area contributed by atoms with Crippen LogP contribution < -0.4 is 21.3 Å². The zero-order valence-corrected chi connectivity index (χ0v) is 24.4. The Balaban J connectivity index is 1.36. The Morgan fingerprint density at radius 2 is 1.90 bits per heavy atom. The van der Waals surface area contributed by atoms with E-state index in [-0.39, 0.29) is 24.5 Å². The second-order valence-electron chi connectivity index (χ2n) is 10.2. The topological polar surface area (TPSA) is 160 Å². The Morgan fingerprint density at radius 3 is 2.60 bits per heavy atom. The molecule has 3 amide bonds. The second kappa shape index (κ2) is 12.6. The Kier molecular flexibility index (Phi) is 8.69. The normalized spacial score (nSPS) is 14.9. The molecule has 0 unspecified atom stereocenters. The van der Waals surface area contributed by atoms with E-state index in [9.17, 15) is 14.4 Å². The van der Waals surface area contributed by atoms with Crippen molar-refractivity contribution in [1.29, 1.82) is 0 Å². The zero-order chi connectivity index (χ0) is 29.7. The Bertz CT molecular complexity index is 1580. The van der Waals surface area contributed by atoms with Gasteiger partial charge >= 0.3 is 12.0 Å². The molecule has 13 heteroatoms. The van der Waals surface area contributed by atoms with E-state index in [0.29, 0.717) is 23.0 Å². The van der Waals surface area contributed by atoms with Crippen LogP contribution in [0.1, 0.15) is 39.4 Å². The molecule has 1 aromatic carbocycles. The number of ether oxygens (including phenoxy) is 1. The molecule has 0 saturated carbocycles.